The van der Waals surface area contributed by atoms with E-state index in [0.717, 1.165) is 34.3 Å². The van der Waals surface area contributed by atoms with Crippen LogP contribution in [0.1, 0.15) is 42.2 Å². The van der Waals surface area contributed by atoms with Crippen LogP contribution in [0, 0.1) is 13.8 Å². The molecule has 0 saturated heterocycles. The molecule has 1 N–H and O–H groups in total. The minimum Gasteiger partial charge on any atom is -0.310 e. The first kappa shape index (κ1) is 15.9. The summed E-state index contributed by atoms with van der Waals surface area (Å²) >= 11 is 6.02. The Kier molecular flexibility index (Phi) is 5.32. The van der Waals surface area contributed by atoms with Crippen molar-refractivity contribution in [3.05, 3.63) is 57.6 Å². The molecule has 0 aliphatic rings. The number of hydrogen-bond donors (Lipinski definition) is 1. The fraction of sp³-hybridized carbons (Fsp3) is 0.412. The number of aryl methyl sites for hydroxylation is 2. The Morgan fingerprint density at radius 3 is 2.38 bits per heavy atom. The fourth-order valence-corrected chi connectivity index (χ4v) is 2.49. The van der Waals surface area contributed by atoms with Crippen LogP contribution in [-0.4, -0.2) is 16.0 Å². The van der Waals surface area contributed by atoms with Crippen LogP contribution < -0.4 is 5.32 Å². The zero-order valence-electron chi connectivity index (χ0n) is 13.1. The van der Waals surface area contributed by atoms with Crippen molar-refractivity contribution in [1.82, 2.24) is 15.3 Å². The highest BCUT2D eigenvalue weighted by molar-refractivity contribution is 6.30. The molecule has 0 saturated carbocycles. The summed E-state index contributed by atoms with van der Waals surface area (Å²) in [6, 6.07) is 8.30. The molecular weight excluding hydrogens is 282 g/mol. The summed E-state index contributed by atoms with van der Waals surface area (Å²) in [5, 5.41) is 4.17. The van der Waals surface area contributed by atoms with Gasteiger partial charge in [-0.2, -0.15) is 0 Å². The molecule has 4 heteroatoms. The van der Waals surface area contributed by atoms with Crippen LogP contribution in [0.4, 0.5) is 0 Å². The third-order valence-corrected chi connectivity index (χ3v) is 3.64. The van der Waals surface area contributed by atoms with E-state index in [-0.39, 0.29) is 0 Å². The van der Waals surface area contributed by atoms with Gasteiger partial charge in [-0.3, -0.25) is 0 Å². The topological polar surface area (TPSA) is 37.8 Å². The van der Waals surface area contributed by atoms with Gasteiger partial charge in [0.15, 0.2) is 0 Å². The van der Waals surface area contributed by atoms with E-state index < -0.39 is 0 Å². The minimum absolute atomic E-state index is 0.454. The second-order valence-electron chi connectivity index (χ2n) is 5.63. The van der Waals surface area contributed by atoms with Gasteiger partial charge in [0.2, 0.25) is 0 Å². The second kappa shape index (κ2) is 7.01. The van der Waals surface area contributed by atoms with Crippen molar-refractivity contribution >= 4 is 11.6 Å². The smallest absolute Gasteiger partial charge is 0.133 e. The van der Waals surface area contributed by atoms with Crippen LogP contribution in [0.25, 0.3) is 0 Å². The molecule has 2 rings (SSSR count). The van der Waals surface area contributed by atoms with E-state index in [1.54, 1.807) is 0 Å². The zero-order chi connectivity index (χ0) is 15.4. The Bertz CT molecular complexity index is 600. The van der Waals surface area contributed by atoms with Gasteiger partial charge in [-0.15, -0.1) is 0 Å². The molecule has 0 bridgehead atoms. The summed E-state index contributed by atoms with van der Waals surface area (Å²) in [6.45, 7) is 9.19. The molecule has 0 aliphatic heterocycles. The van der Waals surface area contributed by atoms with Gasteiger partial charge in [-0.25, -0.2) is 9.97 Å². The molecule has 1 heterocycles. The third-order valence-electron chi connectivity index (χ3n) is 3.41. The first-order chi connectivity index (χ1) is 9.95. The lowest BCUT2D eigenvalue weighted by Crippen LogP contribution is -2.23. The second-order valence-corrected chi connectivity index (χ2v) is 6.07. The average molecular weight is 304 g/mol. The Labute approximate surface area is 131 Å². The van der Waals surface area contributed by atoms with Gasteiger partial charge in [0.25, 0.3) is 0 Å². The van der Waals surface area contributed by atoms with Gasteiger partial charge in [-0.05, 0) is 31.5 Å². The molecule has 0 unspecified atom stereocenters. The van der Waals surface area contributed by atoms with Gasteiger partial charge in [0, 0.05) is 41.0 Å². The Morgan fingerprint density at radius 1 is 1.14 bits per heavy atom. The summed E-state index contributed by atoms with van der Waals surface area (Å²) in [4.78, 5) is 9.29. The number of halogens is 1. The normalized spacial score (nSPS) is 11.1. The number of hydrogen-bond acceptors (Lipinski definition) is 3. The number of benzene rings is 1. The third kappa shape index (κ3) is 4.51. The Balaban J connectivity index is 2.19. The van der Waals surface area contributed by atoms with Gasteiger partial charge in [0.05, 0.1) is 0 Å². The van der Waals surface area contributed by atoms with Gasteiger partial charge >= 0.3 is 0 Å². The van der Waals surface area contributed by atoms with Gasteiger partial charge < -0.3 is 5.32 Å². The van der Waals surface area contributed by atoms with Crippen LogP contribution in [0.15, 0.2) is 24.3 Å². The van der Waals surface area contributed by atoms with Gasteiger partial charge in [-0.1, -0.05) is 37.6 Å². The van der Waals surface area contributed by atoms with E-state index in [1.807, 2.05) is 38.1 Å². The molecule has 1 aromatic heterocycles. The molecule has 0 spiro atoms. The quantitative estimate of drug-likeness (QED) is 0.912. The molecule has 2 aromatic rings. The van der Waals surface area contributed by atoms with Crippen molar-refractivity contribution in [3.8, 4) is 0 Å². The molecule has 1 aromatic carbocycles. The van der Waals surface area contributed by atoms with Gasteiger partial charge in [0.1, 0.15) is 5.82 Å². The molecule has 21 heavy (non-hydrogen) atoms. The predicted molar refractivity (Wildman–Crippen MR) is 87.7 cm³/mol. The average Bonchev–Trinajstić information content (AvgIpc) is 2.37. The van der Waals surface area contributed by atoms with Crippen LogP contribution in [-0.2, 0) is 13.0 Å². The Morgan fingerprint density at radius 2 is 1.81 bits per heavy atom. The fourth-order valence-electron chi connectivity index (χ4n) is 2.28. The standard InChI is InChI=1S/C17H22ClN3/c1-11(2)19-10-16-12(3)20-17(21-13(16)4)9-14-6-5-7-15(18)8-14/h5-8,11,19H,9-10H2,1-4H3. The van der Waals surface area contributed by atoms with Crippen LogP contribution in [0.2, 0.25) is 5.02 Å². The van der Waals surface area contributed by atoms with Crippen molar-refractivity contribution in [2.75, 3.05) is 0 Å². The van der Waals surface area contributed by atoms with E-state index in [2.05, 4.69) is 29.1 Å². The number of aromatic nitrogens is 2. The maximum Gasteiger partial charge on any atom is 0.133 e. The molecule has 0 radical (unpaired) electrons. The highest BCUT2D eigenvalue weighted by Crippen LogP contribution is 2.15. The molecule has 0 fully saturated rings. The summed E-state index contributed by atoms with van der Waals surface area (Å²) in [5.41, 5.74) is 4.42. The van der Waals surface area contributed by atoms with Crippen LogP contribution in [0.3, 0.4) is 0 Å². The zero-order valence-corrected chi connectivity index (χ0v) is 13.8. The number of nitrogens with one attached hydrogen (secondary N) is 1. The lowest BCUT2D eigenvalue weighted by Gasteiger charge is -2.13. The van der Waals surface area contributed by atoms with Crippen molar-refractivity contribution in [2.45, 2.75) is 46.7 Å². The SMILES string of the molecule is Cc1nc(Cc2cccc(Cl)c2)nc(C)c1CNC(C)C. The lowest BCUT2D eigenvalue weighted by atomic mass is 10.1. The first-order valence-corrected chi connectivity index (χ1v) is 7.64. The van der Waals surface area contributed by atoms with E-state index >= 15 is 0 Å². The lowest BCUT2D eigenvalue weighted by molar-refractivity contribution is 0.582. The molecule has 0 amide bonds. The number of rotatable bonds is 5. The summed E-state index contributed by atoms with van der Waals surface area (Å²) in [7, 11) is 0. The van der Waals surface area contributed by atoms with Crippen molar-refractivity contribution < 1.29 is 0 Å². The molecule has 112 valence electrons. The van der Waals surface area contributed by atoms with Crippen LogP contribution in [0.5, 0.6) is 0 Å². The number of nitrogens with zero attached hydrogens (tertiary/aromatic N) is 2. The molecular formula is C17H22ClN3. The van der Waals surface area contributed by atoms with E-state index in [1.165, 1.54) is 5.56 Å². The van der Waals surface area contributed by atoms with Crippen molar-refractivity contribution in [1.29, 1.82) is 0 Å². The highest BCUT2D eigenvalue weighted by Gasteiger charge is 2.09. The minimum atomic E-state index is 0.454. The van der Waals surface area contributed by atoms with Crippen LogP contribution >= 0.6 is 11.6 Å². The van der Waals surface area contributed by atoms with E-state index in [4.69, 9.17) is 11.6 Å². The molecule has 3 nitrogen and oxygen atoms in total. The maximum absolute atomic E-state index is 6.02. The summed E-state index contributed by atoms with van der Waals surface area (Å²) < 4.78 is 0. The predicted octanol–water partition coefficient (Wildman–Crippen LogP) is 3.84. The summed E-state index contributed by atoms with van der Waals surface area (Å²) in [5.74, 6) is 0.848. The van der Waals surface area contributed by atoms with E-state index in [0.29, 0.717) is 12.5 Å². The highest BCUT2D eigenvalue weighted by atomic mass is 35.5. The largest absolute Gasteiger partial charge is 0.310 e. The maximum atomic E-state index is 6.02. The summed E-state index contributed by atoms with van der Waals surface area (Å²) in [6.07, 6.45) is 0.708. The molecule has 0 atom stereocenters. The van der Waals surface area contributed by atoms with E-state index in [9.17, 15) is 0 Å². The van der Waals surface area contributed by atoms with Crippen molar-refractivity contribution in [3.63, 3.8) is 0 Å². The first-order valence-electron chi connectivity index (χ1n) is 7.26. The molecule has 0 aliphatic carbocycles. The monoisotopic (exact) mass is 303 g/mol. The Hall–Kier alpha value is -1.45. The van der Waals surface area contributed by atoms with Crippen molar-refractivity contribution in [2.24, 2.45) is 0 Å².